The van der Waals surface area contributed by atoms with E-state index in [-0.39, 0.29) is 5.28 Å². The van der Waals surface area contributed by atoms with Gasteiger partial charge in [-0.15, -0.1) is 0 Å². The number of aromatic nitrogens is 3. The van der Waals surface area contributed by atoms with E-state index >= 15 is 0 Å². The predicted molar refractivity (Wildman–Crippen MR) is 97.0 cm³/mol. The van der Waals surface area contributed by atoms with E-state index in [1.54, 1.807) is 0 Å². The highest BCUT2D eigenvalue weighted by atomic mass is 35.5. The van der Waals surface area contributed by atoms with Crippen LogP contribution in [-0.2, 0) is 11.8 Å². The van der Waals surface area contributed by atoms with Crippen LogP contribution in [0.1, 0.15) is 0 Å². The molecule has 0 atom stereocenters. The smallest absolute Gasteiger partial charge is 0.222 e. The molecule has 1 aliphatic rings. The highest BCUT2D eigenvalue weighted by Crippen LogP contribution is 2.35. The topological polar surface area (TPSA) is 43.2 Å². The average molecular weight is 363 g/mol. The van der Waals surface area contributed by atoms with E-state index in [1.807, 2.05) is 13.2 Å². The van der Waals surface area contributed by atoms with Crippen molar-refractivity contribution >= 4 is 39.8 Å². The van der Waals surface area contributed by atoms with Gasteiger partial charge in [-0.2, -0.15) is 0 Å². The number of rotatable bonds is 2. The van der Waals surface area contributed by atoms with E-state index in [0.29, 0.717) is 10.7 Å². The van der Waals surface area contributed by atoms with E-state index in [0.717, 1.165) is 42.8 Å². The average Bonchev–Trinajstić information content (AvgIpc) is 2.94. The van der Waals surface area contributed by atoms with Crippen LogP contribution in [0.25, 0.3) is 22.2 Å². The van der Waals surface area contributed by atoms with Crippen molar-refractivity contribution in [1.82, 2.24) is 14.5 Å². The standard InChI is InChI=1S/C17H16Cl2N4O/c1-22-10-13(16-14(18)9-20-17(19)21-16)12-3-2-11(8-15(12)22)23-4-6-24-7-5-23/h2-3,8-10H,4-7H2,1H3. The summed E-state index contributed by atoms with van der Waals surface area (Å²) < 4.78 is 7.51. The number of aryl methyl sites for hydroxylation is 1. The molecule has 24 heavy (non-hydrogen) atoms. The first-order valence-corrected chi connectivity index (χ1v) is 8.49. The van der Waals surface area contributed by atoms with E-state index < -0.39 is 0 Å². The summed E-state index contributed by atoms with van der Waals surface area (Å²) in [5.74, 6) is 0. The third-order valence-corrected chi connectivity index (χ3v) is 4.78. The van der Waals surface area contributed by atoms with Crippen LogP contribution in [0.3, 0.4) is 0 Å². The number of fused-ring (bicyclic) bond motifs is 1. The second-order valence-electron chi connectivity index (χ2n) is 5.79. The van der Waals surface area contributed by atoms with Crippen LogP contribution in [0.4, 0.5) is 5.69 Å². The minimum atomic E-state index is 0.191. The van der Waals surface area contributed by atoms with Crippen molar-refractivity contribution in [3.63, 3.8) is 0 Å². The van der Waals surface area contributed by atoms with Crippen LogP contribution < -0.4 is 4.90 Å². The molecule has 1 saturated heterocycles. The summed E-state index contributed by atoms with van der Waals surface area (Å²) >= 11 is 12.2. The molecule has 5 nitrogen and oxygen atoms in total. The third kappa shape index (κ3) is 2.73. The van der Waals surface area contributed by atoms with Gasteiger partial charge in [-0.1, -0.05) is 17.7 Å². The minimum Gasteiger partial charge on any atom is -0.378 e. The molecule has 0 amide bonds. The first kappa shape index (κ1) is 15.7. The molecule has 1 aromatic carbocycles. The van der Waals surface area contributed by atoms with Crippen molar-refractivity contribution in [2.75, 3.05) is 31.2 Å². The van der Waals surface area contributed by atoms with Gasteiger partial charge in [-0.05, 0) is 23.7 Å². The van der Waals surface area contributed by atoms with Crippen molar-refractivity contribution in [3.8, 4) is 11.3 Å². The molecule has 0 aliphatic carbocycles. The molecule has 3 aromatic rings. The number of nitrogens with zero attached hydrogens (tertiary/aromatic N) is 4. The maximum atomic E-state index is 6.28. The quantitative estimate of drug-likeness (QED) is 0.650. The first-order valence-electron chi connectivity index (χ1n) is 7.73. The predicted octanol–water partition coefficient (Wildman–Crippen LogP) is 3.78. The molecular formula is C17H16Cl2N4O. The lowest BCUT2D eigenvalue weighted by molar-refractivity contribution is 0.122. The number of morpholine rings is 1. The van der Waals surface area contributed by atoms with E-state index in [4.69, 9.17) is 27.9 Å². The molecule has 124 valence electrons. The van der Waals surface area contributed by atoms with Gasteiger partial charge in [0, 0.05) is 43.0 Å². The normalized spacial score (nSPS) is 15.2. The van der Waals surface area contributed by atoms with Gasteiger partial charge in [0.05, 0.1) is 35.6 Å². The zero-order valence-electron chi connectivity index (χ0n) is 13.2. The maximum absolute atomic E-state index is 6.28. The Balaban J connectivity index is 1.83. The molecular weight excluding hydrogens is 347 g/mol. The number of anilines is 1. The van der Waals surface area contributed by atoms with Crippen molar-refractivity contribution < 1.29 is 4.74 Å². The SMILES string of the molecule is Cn1cc(-c2nc(Cl)ncc2Cl)c2ccc(N3CCOCC3)cc21. The fourth-order valence-corrected chi connectivity index (χ4v) is 3.44. The zero-order chi connectivity index (χ0) is 16.7. The fourth-order valence-electron chi connectivity index (χ4n) is 3.11. The summed E-state index contributed by atoms with van der Waals surface area (Å²) in [5, 5.41) is 1.77. The largest absolute Gasteiger partial charge is 0.378 e. The Labute approximate surface area is 149 Å². The second kappa shape index (κ2) is 6.24. The Kier molecular flexibility index (Phi) is 4.08. The molecule has 4 rings (SSSR count). The van der Waals surface area contributed by atoms with Gasteiger partial charge >= 0.3 is 0 Å². The van der Waals surface area contributed by atoms with Crippen LogP contribution in [0.2, 0.25) is 10.3 Å². The lowest BCUT2D eigenvalue weighted by Crippen LogP contribution is -2.36. The Hall–Kier alpha value is -1.82. The molecule has 0 radical (unpaired) electrons. The van der Waals surface area contributed by atoms with Crippen LogP contribution in [0.15, 0.2) is 30.6 Å². The lowest BCUT2D eigenvalue weighted by atomic mass is 10.1. The van der Waals surface area contributed by atoms with E-state index in [2.05, 4.69) is 37.6 Å². The van der Waals surface area contributed by atoms with Crippen molar-refractivity contribution in [2.45, 2.75) is 0 Å². The summed E-state index contributed by atoms with van der Waals surface area (Å²) in [5.41, 5.74) is 3.93. The highest BCUT2D eigenvalue weighted by Gasteiger charge is 2.17. The summed E-state index contributed by atoms with van der Waals surface area (Å²) in [6, 6.07) is 6.44. The lowest BCUT2D eigenvalue weighted by Gasteiger charge is -2.29. The van der Waals surface area contributed by atoms with Gasteiger partial charge in [0.1, 0.15) is 0 Å². The van der Waals surface area contributed by atoms with Crippen molar-refractivity contribution in [2.24, 2.45) is 7.05 Å². The molecule has 0 N–H and O–H groups in total. The minimum absolute atomic E-state index is 0.191. The van der Waals surface area contributed by atoms with Crippen molar-refractivity contribution in [1.29, 1.82) is 0 Å². The van der Waals surface area contributed by atoms with Gasteiger partial charge in [0.15, 0.2) is 0 Å². The molecule has 1 fully saturated rings. The van der Waals surface area contributed by atoms with Gasteiger partial charge < -0.3 is 14.2 Å². The molecule has 0 spiro atoms. The third-order valence-electron chi connectivity index (χ3n) is 4.32. The zero-order valence-corrected chi connectivity index (χ0v) is 14.7. The summed E-state index contributed by atoms with van der Waals surface area (Å²) in [4.78, 5) is 10.6. The second-order valence-corrected chi connectivity index (χ2v) is 6.54. The van der Waals surface area contributed by atoms with E-state index in [9.17, 15) is 0 Å². The molecule has 0 unspecified atom stereocenters. The van der Waals surface area contributed by atoms with Crippen LogP contribution in [0.5, 0.6) is 0 Å². The van der Waals surface area contributed by atoms with Gasteiger partial charge in [-0.3, -0.25) is 0 Å². The Morgan fingerprint density at radius 1 is 1.17 bits per heavy atom. The number of halogens is 2. The fraction of sp³-hybridized carbons (Fsp3) is 0.294. The van der Waals surface area contributed by atoms with Gasteiger partial charge in [0.25, 0.3) is 0 Å². The number of hydrogen-bond donors (Lipinski definition) is 0. The maximum Gasteiger partial charge on any atom is 0.222 e. The summed E-state index contributed by atoms with van der Waals surface area (Å²) in [6.45, 7) is 3.36. The molecule has 1 aliphatic heterocycles. The van der Waals surface area contributed by atoms with Crippen LogP contribution in [0, 0.1) is 0 Å². The van der Waals surface area contributed by atoms with Crippen molar-refractivity contribution in [3.05, 3.63) is 40.9 Å². The molecule has 0 bridgehead atoms. The summed E-state index contributed by atoms with van der Waals surface area (Å²) in [7, 11) is 2.02. The number of hydrogen-bond acceptors (Lipinski definition) is 4. The van der Waals surface area contributed by atoms with E-state index in [1.165, 1.54) is 11.9 Å². The first-order chi connectivity index (χ1) is 11.6. The number of ether oxygens (including phenoxy) is 1. The Morgan fingerprint density at radius 2 is 1.96 bits per heavy atom. The molecule has 3 heterocycles. The summed E-state index contributed by atoms with van der Waals surface area (Å²) in [6.07, 6.45) is 3.56. The molecule has 2 aromatic heterocycles. The van der Waals surface area contributed by atoms with Crippen LogP contribution >= 0.6 is 23.2 Å². The van der Waals surface area contributed by atoms with Gasteiger partial charge in [-0.25, -0.2) is 9.97 Å². The molecule has 0 saturated carbocycles. The number of benzene rings is 1. The highest BCUT2D eigenvalue weighted by molar-refractivity contribution is 6.34. The molecule has 7 heteroatoms. The Bertz CT molecular complexity index is 903. The Morgan fingerprint density at radius 3 is 2.75 bits per heavy atom. The monoisotopic (exact) mass is 362 g/mol. The van der Waals surface area contributed by atoms with Crippen LogP contribution in [-0.4, -0.2) is 40.8 Å². The van der Waals surface area contributed by atoms with Gasteiger partial charge in [0.2, 0.25) is 5.28 Å².